The third kappa shape index (κ3) is 4.35. The highest BCUT2D eigenvalue weighted by Gasteiger charge is 2.32. The number of benzene rings is 2. The zero-order valence-corrected chi connectivity index (χ0v) is 12.2. The Balaban J connectivity index is 2.08. The fourth-order valence-corrected chi connectivity index (χ4v) is 1.91. The Bertz CT molecular complexity index is 707. The first-order valence-electron chi connectivity index (χ1n) is 6.69. The molecule has 0 aliphatic rings. The van der Waals surface area contributed by atoms with E-state index in [-0.39, 0.29) is 11.5 Å². The smallest absolute Gasteiger partial charge is 0.418 e. The third-order valence-corrected chi connectivity index (χ3v) is 3.08. The Morgan fingerprint density at radius 1 is 1.09 bits per heavy atom. The number of hydrogen-bond donors (Lipinski definition) is 1. The van der Waals surface area contributed by atoms with Crippen LogP contribution in [0.4, 0.5) is 18.9 Å². The van der Waals surface area contributed by atoms with Crippen molar-refractivity contribution in [2.24, 2.45) is 0 Å². The summed E-state index contributed by atoms with van der Waals surface area (Å²) in [5.41, 5.74) is -0.492. The molecule has 1 N–H and O–H groups in total. The first-order chi connectivity index (χ1) is 10.9. The average Bonchev–Trinajstić information content (AvgIpc) is 2.54. The van der Waals surface area contributed by atoms with Gasteiger partial charge in [-0.2, -0.15) is 13.2 Å². The highest BCUT2D eigenvalue weighted by Crippen LogP contribution is 2.34. The van der Waals surface area contributed by atoms with Gasteiger partial charge < -0.3 is 10.1 Å². The van der Waals surface area contributed by atoms with E-state index in [0.29, 0.717) is 11.3 Å². The Hall–Kier alpha value is -2.76. The van der Waals surface area contributed by atoms with Crippen molar-refractivity contribution in [1.82, 2.24) is 0 Å². The first-order valence-corrected chi connectivity index (χ1v) is 6.69. The van der Waals surface area contributed by atoms with Crippen LogP contribution in [0.25, 0.3) is 0 Å². The van der Waals surface area contributed by atoms with Gasteiger partial charge in [-0.05, 0) is 36.4 Å². The molecule has 0 saturated heterocycles. The van der Waals surface area contributed by atoms with Crippen molar-refractivity contribution >= 4 is 11.5 Å². The first kappa shape index (κ1) is 16.6. The van der Waals surface area contributed by atoms with Crippen molar-refractivity contribution in [2.75, 3.05) is 12.4 Å². The summed E-state index contributed by atoms with van der Waals surface area (Å²) >= 11 is 0. The van der Waals surface area contributed by atoms with Crippen LogP contribution in [0.15, 0.2) is 60.8 Å². The van der Waals surface area contributed by atoms with Gasteiger partial charge in [-0.15, -0.1) is 0 Å². The summed E-state index contributed by atoms with van der Waals surface area (Å²) in [5.74, 6) is 0.285. The third-order valence-electron chi connectivity index (χ3n) is 3.08. The number of rotatable bonds is 5. The molecule has 0 aliphatic heterocycles. The molecule has 0 saturated carbocycles. The van der Waals surface area contributed by atoms with Gasteiger partial charge in [-0.1, -0.05) is 12.1 Å². The van der Waals surface area contributed by atoms with E-state index in [2.05, 4.69) is 5.32 Å². The number of halogens is 3. The zero-order chi connectivity index (χ0) is 16.9. The summed E-state index contributed by atoms with van der Waals surface area (Å²) in [4.78, 5) is 11.9. The number of carbonyl (C=O) groups excluding carboxylic acids is 1. The molecule has 23 heavy (non-hydrogen) atoms. The van der Waals surface area contributed by atoms with Gasteiger partial charge in [0.25, 0.3) is 0 Å². The van der Waals surface area contributed by atoms with Gasteiger partial charge in [-0.3, -0.25) is 4.79 Å². The van der Waals surface area contributed by atoms with Crippen LogP contribution < -0.4 is 10.1 Å². The molecule has 6 heteroatoms. The number of hydrogen-bond acceptors (Lipinski definition) is 3. The predicted octanol–water partition coefficient (Wildman–Crippen LogP) is 4.52. The molecule has 0 radical (unpaired) electrons. The molecule has 0 unspecified atom stereocenters. The number of allylic oxidation sites excluding steroid dienone is 1. The molecule has 2 aromatic carbocycles. The SMILES string of the molecule is COc1ccc(C(=O)/C=C/Nc2ccccc2C(F)(F)F)cc1. The van der Waals surface area contributed by atoms with Gasteiger partial charge in [-0.25, -0.2) is 0 Å². The van der Waals surface area contributed by atoms with Gasteiger partial charge in [0.15, 0.2) is 5.78 Å². The van der Waals surface area contributed by atoms with E-state index < -0.39 is 11.7 Å². The lowest BCUT2D eigenvalue weighted by Crippen LogP contribution is -2.08. The van der Waals surface area contributed by atoms with Crippen LogP contribution in [-0.4, -0.2) is 12.9 Å². The fraction of sp³-hybridized carbons (Fsp3) is 0.118. The van der Waals surface area contributed by atoms with Crippen LogP contribution in [-0.2, 0) is 6.18 Å². The number of ether oxygens (including phenoxy) is 1. The lowest BCUT2D eigenvalue weighted by molar-refractivity contribution is -0.136. The largest absolute Gasteiger partial charge is 0.497 e. The lowest BCUT2D eigenvalue weighted by atomic mass is 10.1. The maximum Gasteiger partial charge on any atom is 0.418 e. The Morgan fingerprint density at radius 2 is 1.74 bits per heavy atom. The number of ketones is 1. The van der Waals surface area contributed by atoms with Crippen LogP contribution in [0.3, 0.4) is 0 Å². The molecule has 0 aromatic heterocycles. The summed E-state index contributed by atoms with van der Waals surface area (Å²) in [7, 11) is 1.51. The maximum atomic E-state index is 12.8. The van der Waals surface area contributed by atoms with Crippen LogP contribution in [0.2, 0.25) is 0 Å². The summed E-state index contributed by atoms with van der Waals surface area (Å²) in [5, 5.41) is 2.50. The number of para-hydroxylation sites is 1. The molecule has 0 spiro atoms. The summed E-state index contributed by atoms with van der Waals surface area (Å²) < 4.78 is 43.5. The van der Waals surface area contributed by atoms with Crippen molar-refractivity contribution in [3.05, 3.63) is 71.9 Å². The monoisotopic (exact) mass is 321 g/mol. The second-order valence-corrected chi connectivity index (χ2v) is 4.61. The van der Waals surface area contributed by atoms with Crippen LogP contribution >= 0.6 is 0 Å². The Morgan fingerprint density at radius 3 is 2.35 bits per heavy atom. The molecule has 0 bridgehead atoms. The highest BCUT2D eigenvalue weighted by atomic mass is 19.4. The van der Waals surface area contributed by atoms with Crippen LogP contribution in [0, 0.1) is 0 Å². The summed E-state index contributed by atoms with van der Waals surface area (Å²) in [6.45, 7) is 0. The molecule has 0 amide bonds. The second-order valence-electron chi connectivity index (χ2n) is 4.61. The van der Waals surface area contributed by atoms with Gasteiger partial charge in [0.05, 0.1) is 18.4 Å². The number of nitrogens with one attached hydrogen (secondary N) is 1. The van der Waals surface area contributed by atoms with Gasteiger partial charge in [0.2, 0.25) is 0 Å². The molecule has 0 atom stereocenters. The Kier molecular flexibility index (Phi) is 5.05. The zero-order valence-electron chi connectivity index (χ0n) is 12.2. The fourth-order valence-electron chi connectivity index (χ4n) is 1.91. The van der Waals surface area contributed by atoms with E-state index in [4.69, 9.17) is 4.74 Å². The van der Waals surface area contributed by atoms with Crippen LogP contribution in [0.1, 0.15) is 15.9 Å². The molecular weight excluding hydrogens is 307 g/mol. The Labute approximate surface area is 131 Å². The average molecular weight is 321 g/mol. The minimum absolute atomic E-state index is 0.112. The van der Waals surface area contributed by atoms with E-state index in [1.54, 1.807) is 24.3 Å². The molecular formula is C17H14F3NO2. The van der Waals surface area contributed by atoms with E-state index >= 15 is 0 Å². The van der Waals surface area contributed by atoms with Crippen molar-refractivity contribution in [3.8, 4) is 5.75 Å². The number of anilines is 1. The second kappa shape index (κ2) is 7.00. The maximum absolute atomic E-state index is 12.8. The molecule has 0 heterocycles. The molecule has 0 aliphatic carbocycles. The van der Waals surface area contributed by atoms with Crippen molar-refractivity contribution in [1.29, 1.82) is 0 Å². The lowest BCUT2D eigenvalue weighted by Gasteiger charge is -2.11. The van der Waals surface area contributed by atoms with Gasteiger partial charge in [0.1, 0.15) is 5.75 Å². The molecule has 2 aromatic rings. The molecule has 2 rings (SSSR count). The quantitative estimate of drug-likeness (QED) is 0.650. The molecule has 3 nitrogen and oxygen atoms in total. The van der Waals surface area contributed by atoms with E-state index in [0.717, 1.165) is 6.07 Å². The van der Waals surface area contributed by atoms with Gasteiger partial charge in [0, 0.05) is 17.8 Å². The topological polar surface area (TPSA) is 38.3 Å². The van der Waals surface area contributed by atoms with Crippen LogP contribution in [0.5, 0.6) is 5.75 Å². The predicted molar refractivity (Wildman–Crippen MR) is 81.5 cm³/mol. The number of methoxy groups -OCH3 is 1. The van der Waals surface area contributed by atoms with E-state index in [1.165, 1.54) is 37.6 Å². The minimum Gasteiger partial charge on any atom is -0.497 e. The van der Waals surface area contributed by atoms with Gasteiger partial charge >= 0.3 is 6.18 Å². The van der Waals surface area contributed by atoms with Crippen molar-refractivity contribution in [3.63, 3.8) is 0 Å². The summed E-state index contributed by atoms with van der Waals surface area (Å²) in [6, 6.07) is 11.5. The highest BCUT2D eigenvalue weighted by molar-refractivity contribution is 6.04. The van der Waals surface area contributed by atoms with Crippen molar-refractivity contribution < 1.29 is 22.7 Å². The molecule has 0 fully saturated rings. The standard InChI is InChI=1S/C17H14F3NO2/c1-23-13-8-6-12(7-9-13)16(22)10-11-21-15-5-3-2-4-14(15)17(18,19)20/h2-11,21H,1H3/b11-10+. The minimum atomic E-state index is -4.46. The number of alkyl halides is 3. The van der Waals surface area contributed by atoms with E-state index in [9.17, 15) is 18.0 Å². The number of carbonyl (C=O) groups is 1. The normalized spacial score (nSPS) is 11.5. The molecule has 120 valence electrons. The van der Waals surface area contributed by atoms with Crippen molar-refractivity contribution in [2.45, 2.75) is 6.18 Å². The summed E-state index contributed by atoms with van der Waals surface area (Å²) in [6.07, 6.45) is -2.09. The van der Waals surface area contributed by atoms with E-state index in [1.807, 2.05) is 0 Å².